The van der Waals surface area contributed by atoms with Crippen LogP contribution in [0.2, 0.25) is 0 Å². The summed E-state index contributed by atoms with van der Waals surface area (Å²) < 4.78 is 5.38. The molecule has 1 saturated heterocycles. The second-order valence-electron chi connectivity index (χ2n) is 8.30. The molecule has 1 aromatic carbocycles. The van der Waals surface area contributed by atoms with Gasteiger partial charge in [0.25, 0.3) is 5.91 Å². The Labute approximate surface area is 182 Å². The van der Waals surface area contributed by atoms with Crippen LogP contribution >= 0.6 is 0 Å². The third-order valence-corrected chi connectivity index (χ3v) is 6.28. The zero-order chi connectivity index (χ0) is 21.2. The van der Waals surface area contributed by atoms with Crippen LogP contribution in [0.15, 0.2) is 55.0 Å². The molecule has 6 nitrogen and oxygen atoms in total. The van der Waals surface area contributed by atoms with Gasteiger partial charge in [-0.2, -0.15) is 0 Å². The van der Waals surface area contributed by atoms with Crippen molar-refractivity contribution in [2.75, 3.05) is 20.2 Å². The predicted molar refractivity (Wildman–Crippen MR) is 118 cm³/mol. The normalized spacial score (nSPS) is 16.9. The molecule has 3 heterocycles. The number of piperidine rings is 1. The molecule has 31 heavy (non-hydrogen) atoms. The molecule has 0 bridgehead atoms. The maximum absolute atomic E-state index is 13.1. The summed E-state index contributed by atoms with van der Waals surface area (Å²) in [5.74, 6) is 2.45. The van der Waals surface area contributed by atoms with Gasteiger partial charge >= 0.3 is 0 Å². The second kappa shape index (κ2) is 8.46. The van der Waals surface area contributed by atoms with Gasteiger partial charge in [-0.1, -0.05) is 12.1 Å². The van der Waals surface area contributed by atoms with Gasteiger partial charge in [0, 0.05) is 49.1 Å². The van der Waals surface area contributed by atoms with E-state index in [2.05, 4.69) is 9.97 Å². The average molecular weight is 415 g/mol. The zero-order valence-corrected chi connectivity index (χ0v) is 17.7. The third kappa shape index (κ3) is 4.02. The summed E-state index contributed by atoms with van der Waals surface area (Å²) in [7, 11) is 1.60. The maximum atomic E-state index is 13.1. The van der Waals surface area contributed by atoms with E-state index in [4.69, 9.17) is 9.72 Å². The smallest absolute Gasteiger partial charge is 0.257 e. The van der Waals surface area contributed by atoms with Gasteiger partial charge in [-0.15, -0.1) is 0 Å². The van der Waals surface area contributed by atoms with E-state index < -0.39 is 0 Å². The lowest BCUT2D eigenvalue weighted by Gasteiger charge is -2.33. The summed E-state index contributed by atoms with van der Waals surface area (Å²) in [6.45, 7) is 1.42. The molecule has 0 unspecified atom stereocenters. The number of hydrogen-bond acceptors (Lipinski definition) is 5. The number of benzene rings is 1. The number of para-hydroxylation sites is 1. The van der Waals surface area contributed by atoms with Crippen molar-refractivity contribution < 1.29 is 9.53 Å². The lowest BCUT2D eigenvalue weighted by Crippen LogP contribution is -2.38. The number of methoxy groups -OCH3 is 1. The number of nitrogens with zero attached hydrogens (tertiary/aromatic N) is 4. The minimum Gasteiger partial charge on any atom is -0.496 e. The molecule has 2 fully saturated rings. The number of rotatable bonds is 5. The van der Waals surface area contributed by atoms with Gasteiger partial charge in [0.2, 0.25) is 0 Å². The molecule has 3 aromatic rings. The van der Waals surface area contributed by atoms with Crippen molar-refractivity contribution in [2.45, 2.75) is 37.5 Å². The van der Waals surface area contributed by atoms with Crippen LogP contribution in [0.3, 0.4) is 0 Å². The first-order valence-corrected chi connectivity index (χ1v) is 10.9. The highest BCUT2D eigenvalue weighted by molar-refractivity contribution is 5.97. The fraction of sp³-hybridized carbons (Fsp3) is 0.360. The highest BCUT2D eigenvalue weighted by atomic mass is 16.5. The number of carbonyl (C=O) groups is 1. The Morgan fingerprint density at radius 3 is 2.45 bits per heavy atom. The predicted octanol–water partition coefficient (Wildman–Crippen LogP) is 4.44. The summed E-state index contributed by atoms with van der Waals surface area (Å²) >= 11 is 0. The van der Waals surface area contributed by atoms with Crippen LogP contribution in [-0.2, 0) is 0 Å². The van der Waals surface area contributed by atoms with Crippen molar-refractivity contribution in [1.82, 2.24) is 19.9 Å². The molecule has 5 rings (SSSR count). The second-order valence-corrected chi connectivity index (χ2v) is 8.30. The zero-order valence-electron chi connectivity index (χ0n) is 17.7. The van der Waals surface area contributed by atoms with Gasteiger partial charge in [0.1, 0.15) is 11.6 Å². The van der Waals surface area contributed by atoms with Crippen molar-refractivity contribution in [3.63, 3.8) is 0 Å². The third-order valence-electron chi connectivity index (χ3n) is 6.28. The Kier molecular flexibility index (Phi) is 5.37. The van der Waals surface area contributed by atoms with Crippen molar-refractivity contribution in [1.29, 1.82) is 0 Å². The minimum atomic E-state index is 0.0339. The number of likely N-dealkylation sites (tertiary alicyclic amines) is 1. The fourth-order valence-electron chi connectivity index (χ4n) is 4.36. The molecule has 0 spiro atoms. The Balaban J connectivity index is 1.38. The van der Waals surface area contributed by atoms with E-state index in [1.807, 2.05) is 59.9 Å². The lowest BCUT2D eigenvalue weighted by molar-refractivity contribution is 0.0708. The Morgan fingerprint density at radius 2 is 1.74 bits per heavy atom. The van der Waals surface area contributed by atoms with Crippen LogP contribution in [0.25, 0.3) is 11.1 Å². The van der Waals surface area contributed by atoms with Crippen molar-refractivity contribution in [2.24, 2.45) is 0 Å². The molecule has 1 aliphatic carbocycles. The summed E-state index contributed by atoms with van der Waals surface area (Å²) in [5.41, 5.74) is 3.92. The first kappa shape index (κ1) is 19.7. The molecular formula is C25H26N4O2. The number of carbonyl (C=O) groups excluding carboxylic acids is 1. The highest BCUT2D eigenvalue weighted by Gasteiger charge is 2.31. The molecule has 0 atom stereocenters. The van der Waals surface area contributed by atoms with Gasteiger partial charge in [-0.3, -0.25) is 9.78 Å². The van der Waals surface area contributed by atoms with Crippen molar-refractivity contribution in [3.05, 3.63) is 72.1 Å². The van der Waals surface area contributed by atoms with Gasteiger partial charge in [-0.05, 0) is 55.5 Å². The number of ether oxygens (including phenoxy) is 1. The molecule has 2 aromatic heterocycles. The van der Waals surface area contributed by atoms with Crippen LogP contribution in [0.5, 0.6) is 5.75 Å². The van der Waals surface area contributed by atoms with E-state index in [1.54, 1.807) is 7.11 Å². The van der Waals surface area contributed by atoms with Crippen LogP contribution in [0, 0.1) is 0 Å². The first-order chi connectivity index (χ1) is 15.2. The Bertz CT molecular complexity index is 1070. The molecule has 2 aliphatic rings. The van der Waals surface area contributed by atoms with Crippen molar-refractivity contribution >= 4 is 5.91 Å². The quantitative estimate of drug-likeness (QED) is 0.617. The summed E-state index contributed by atoms with van der Waals surface area (Å²) in [5, 5.41) is 0. The summed E-state index contributed by atoms with van der Waals surface area (Å²) in [6, 6.07) is 11.5. The molecule has 6 heteroatoms. The van der Waals surface area contributed by atoms with Gasteiger partial charge in [0.15, 0.2) is 0 Å². The monoisotopic (exact) mass is 414 g/mol. The lowest BCUT2D eigenvalue weighted by atomic mass is 9.88. The Morgan fingerprint density at radius 1 is 1.00 bits per heavy atom. The van der Waals surface area contributed by atoms with E-state index in [9.17, 15) is 4.79 Å². The summed E-state index contributed by atoms with van der Waals surface area (Å²) in [4.78, 5) is 28.9. The van der Waals surface area contributed by atoms with Gasteiger partial charge < -0.3 is 9.64 Å². The largest absolute Gasteiger partial charge is 0.496 e. The van der Waals surface area contributed by atoms with E-state index >= 15 is 0 Å². The maximum Gasteiger partial charge on any atom is 0.257 e. The van der Waals surface area contributed by atoms with E-state index in [0.29, 0.717) is 36.2 Å². The number of aromatic nitrogens is 3. The van der Waals surface area contributed by atoms with Gasteiger partial charge in [-0.25, -0.2) is 9.97 Å². The topological polar surface area (TPSA) is 68.2 Å². The molecule has 1 aliphatic heterocycles. The molecule has 0 radical (unpaired) electrons. The van der Waals surface area contributed by atoms with Crippen molar-refractivity contribution in [3.8, 4) is 16.9 Å². The first-order valence-electron chi connectivity index (χ1n) is 10.9. The number of hydrogen-bond donors (Lipinski definition) is 0. The number of amides is 1. The van der Waals surface area contributed by atoms with E-state index in [1.165, 1.54) is 12.8 Å². The van der Waals surface area contributed by atoms with Crippen LogP contribution in [-0.4, -0.2) is 46.0 Å². The van der Waals surface area contributed by atoms with Gasteiger partial charge in [0.05, 0.1) is 18.4 Å². The SMILES string of the molecule is COc1ccccc1C(=O)N1CCC(c2nc(C3CC3)ncc2-c2ccncc2)CC1. The molecular weight excluding hydrogens is 388 g/mol. The van der Waals surface area contributed by atoms with E-state index in [-0.39, 0.29) is 5.91 Å². The highest BCUT2D eigenvalue weighted by Crippen LogP contribution is 2.41. The summed E-state index contributed by atoms with van der Waals surface area (Å²) in [6.07, 6.45) is 9.74. The molecule has 1 saturated carbocycles. The fourth-order valence-corrected chi connectivity index (χ4v) is 4.36. The molecule has 0 N–H and O–H groups in total. The van der Waals surface area contributed by atoms with E-state index in [0.717, 1.165) is 35.5 Å². The minimum absolute atomic E-state index is 0.0339. The number of pyridine rings is 1. The van der Waals surface area contributed by atoms with Crippen LogP contribution < -0.4 is 4.74 Å². The average Bonchev–Trinajstić information content (AvgIpc) is 3.69. The van der Waals surface area contributed by atoms with Crippen LogP contribution in [0.4, 0.5) is 0 Å². The van der Waals surface area contributed by atoms with Crippen LogP contribution in [0.1, 0.15) is 59.4 Å². The standard InChI is InChI=1S/C25H26N4O2/c1-31-22-5-3-2-4-20(22)25(30)29-14-10-18(11-15-29)23-21(17-8-12-26-13-9-17)16-27-24(28-23)19-6-7-19/h2-5,8-9,12-13,16,18-19H,6-7,10-11,14-15H2,1H3. The molecule has 1 amide bonds. The molecule has 158 valence electrons. The Hall–Kier alpha value is -3.28.